The number of aromatic nitrogens is 1. The number of ketones is 2. The first-order chi connectivity index (χ1) is 14.4. The minimum atomic E-state index is -0.137. The van der Waals surface area contributed by atoms with E-state index in [1.165, 1.54) is 5.57 Å². The van der Waals surface area contributed by atoms with Gasteiger partial charge in [-0.3, -0.25) is 14.6 Å². The molecular weight excluding hydrogens is 376 g/mol. The highest BCUT2D eigenvalue weighted by Crippen LogP contribution is 2.60. The zero-order valence-corrected chi connectivity index (χ0v) is 18.1. The number of pyridine rings is 1. The second kappa shape index (κ2) is 7.16. The summed E-state index contributed by atoms with van der Waals surface area (Å²) in [5.41, 5.74) is 2.87. The molecule has 1 unspecified atom stereocenters. The van der Waals surface area contributed by atoms with Gasteiger partial charge in [-0.25, -0.2) is 0 Å². The van der Waals surface area contributed by atoms with E-state index in [9.17, 15) is 9.59 Å². The number of fused-ring (bicyclic) bond motifs is 3. The van der Waals surface area contributed by atoms with Crippen LogP contribution in [0, 0.1) is 17.3 Å². The van der Waals surface area contributed by atoms with Crippen LogP contribution in [0.2, 0.25) is 0 Å². The molecule has 1 aromatic heterocycles. The summed E-state index contributed by atoms with van der Waals surface area (Å²) in [5.74, 6) is 1.68. The molecule has 0 aromatic carbocycles. The molecule has 1 aliphatic heterocycles. The summed E-state index contributed by atoms with van der Waals surface area (Å²) < 4.78 is 6.59. The van der Waals surface area contributed by atoms with Gasteiger partial charge < -0.3 is 9.64 Å². The van der Waals surface area contributed by atoms with Crippen LogP contribution >= 0.6 is 0 Å². The number of Topliss-reactive ketones (excluding diaryl/α,β-unsaturated/α-hetero) is 2. The SMILES string of the molecule is CN(C)CC1CC(=O)C2=C(C1)O[C@@H]1C(=C2)CC[C@]2(C)[C@@H](c3cccnc3)C(=O)C[C@@H]12. The molecule has 0 amide bonds. The monoisotopic (exact) mass is 406 g/mol. The standard InChI is InChI=1S/C25H30N2O3/c1-25-7-6-16-11-18-20(28)9-15(14-27(2)3)10-22(18)30-24(16)19(25)12-21(29)23(25)17-5-4-8-26-13-17/h4-5,8,11,13,15,19,23-24H,6-7,9-10,12,14H2,1-3H3/t15?,19-,23-,24+,25-/m0/s1. The van der Waals surface area contributed by atoms with Crippen molar-refractivity contribution in [2.45, 2.75) is 51.0 Å². The molecule has 0 spiro atoms. The Hall–Kier alpha value is -2.27. The summed E-state index contributed by atoms with van der Waals surface area (Å²) in [6.07, 6.45) is 9.39. The van der Waals surface area contributed by atoms with Gasteiger partial charge in [0.05, 0.1) is 5.57 Å². The van der Waals surface area contributed by atoms with Crippen LogP contribution in [0.3, 0.4) is 0 Å². The molecule has 30 heavy (non-hydrogen) atoms. The Bertz CT molecular complexity index is 948. The third-order valence-corrected chi connectivity index (χ3v) is 7.72. The Morgan fingerprint density at radius 2 is 2.07 bits per heavy atom. The number of hydrogen-bond acceptors (Lipinski definition) is 5. The van der Waals surface area contributed by atoms with Gasteiger partial charge >= 0.3 is 0 Å². The molecule has 5 rings (SSSR count). The first kappa shape index (κ1) is 19.7. The molecular formula is C25H30N2O3. The molecule has 2 fully saturated rings. The van der Waals surface area contributed by atoms with Crippen LogP contribution in [0.4, 0.5) is 0 Å². The fourth-order valence-corrected chi connectivity index (χ4v) is 6.40. The van der Waals surface area contributed by atoms with Crippen molar-refractivity contribution in [2.24, 2.45) is 17.3 Å². The molecule has 3 aliphatic carbocycles. The average molecular weight is 407 g/mol. The Morgan fingerprint density at radius 3 is 2.80 bits per heavy atom. The zero-order chi connectivity index (χ0) is 21.0. The van der Waals surface area contributed by atoms with Crippen LogP contribution < -0.4 is 0 Å². The Balaban J connectivity index is 1.45. The number of rotatable bonds is 3. The van der Waals surface area contributed by atoms with Gasteiger partial charge in [0.2, 0.25) is 0 Å². The molecule has 5 heteroatoms. The topological polar surface area (TPSA) is 59.5 Å². The van der Waals surface area contributed by atoms with E-state index in [0.29, 0.717) is 24.5 Å². The first-order valence-corrected chi connectivity index (χ1v) is 11.1. The zero-order valence-electron chi connectivity index (χ0n) is 18.1. The summed E-state index contributed by atoms with van der Waals surface area (Å²) in [5, 5.41) is 0. The predicted molar refractivity (Wildman–Crippen MR) is 114 cm³/mol. The summed E-state index contributed by atoms with van der Waals surface area (Å²) in [4.78, 5) is 32.4. The molecule has 158 valence electrons. The minimum absolute atomic E-state index is 0.0842. The number of ether oxygens (including phenoxy) is 1. The van der Waals surface area contributed by atoms with Crippen molar-refractivity contribution < 1.29 is 14.3 Å². The molecule has 0 bridgehead atoms. The van der Waals surface area contributed by atoms with E-state index < -0.39 is 0 Å². The van der Waals surface area contributed by atoms with Crippen LogP contribution in [0.1, 0.15) is 50.5 Å². The van der Waals surface area contributed by atoms with E-state index in [4.69, 9.17) is 4.74 Å². The third-order valence-electron chi connectivity index (χ3n) is 7.72. The Kier molecular flexibility index (Phi) is 4.69. The van der Waals surface area contributed by atoms with E-state index in [2.05, 4.69) is 22.9 Å². The molecule has 2 saturated carbocycles. The maximum Gasteiger partial charge on any atom is 0.166 e. The van der Waals surface area contributed by atoms with Crippen LogP contribution in [0.15, 0.2) is 47.5 Å². The van der Waals surface area contributed by atoms with E-state index in [1.54, 1.807) is 6.20 Å². The van der Waals surface area contributed by atoms with E-state index in [1.807, 2.05) is 32.4 Å². The molecule has 5 atom stereocenters. The summed E-state index contributed by atoms with van der Waals surface area (Å²) in [7, 11) is 4.09. The lowest BCUT2D eigenvalue weighted by Crippen LogP contribution is -2.44. The third kappa shape index (κ3) is 3.06. The number of allylic oxidation sites excluding steroid dienone is 3. The van der Waals surface area contributed by atoms with Crippen LogP contribution in [0.25, 0.3) is 0 Å². The predicted octanol–water partition coefficient (Wildman–Crippen LogP) is 3.67. The quantitative estimate of drug-likeness (QED) is 0.766. The number of hydrogen-bond donors (Lipinski definition) is 0. The smallest absolute Gasteiger partial charge is 0.166 e. The van der Waals surface area contributed by atoms with Crippen molar-refractivity contribution in [3.63, 3.8) is 0 Å². The maximum absolute atomic E-state index is 13.2. The molecule has 2 heterocycles. The fraction of sp³-hybridized carbons (Fsp3) is 0.560. The molecule has 1 aromatic rings. The number of nitrogens with zero attached hydrogens (tertiary/aromatic N) is 2. The molecule has 0 N–H and O–H groups in total. The summed E-state index contributed by atoms with van der Waals surface area (Å²) in [6, 6.07) is 3.95. The normalized spacial score (nSPS) is 35.5. The van der Waals surface area contributed by atoms with Crippen molar-refractivity contribution >= 4 is 11.6 Å². The van der Waals surface area contributed by atoms with Crippen LogP contribution in [-0.4, -0.2) is 48.2 Å². The first-order valence-electron chi connectivity index (χ1n) is 11.1. The van der Waals surface area contributed by atoms with Gasteiger partial charge in [-0.05, 0) is 61.5 Å². The summed E-state index contributed by atoms with van der Waals surface area (Å²) in [6.45, 7) is 3.14. The van der Waals surface area contributed by atoms with Crippen LogP contribution in [0.5, 0.6) is 0 Å². The highest BCUT2D eigenvalue weighted by Gasteiger charge is 2.58. The van der Waals surface area contributed by atoms with Gasteiger partial charge in [0.1, 0.15) is 17.6 Å². The fourth-order valence-electron chi connectivity index (χ4n) is 6.40. The Morgan fingerprint density at radius 1 is 1.23 bits per heavy atom. The van der Waals surface area contributed by atoms with Gasteiger partial charge in [0.15, 0.2) is 5.78 Å². The maximum atomic E-state index is 13.2. The van der Waals surface area contributed by atoms with E-state index in [-0.39, 0.29) is 29.1 Å². The molecule has 0 radical (unpaired) electrons. The largest absolute Gasteiger partial charge is 0.489 e. The Labute approximate surface area is 178 Å². The van der Waals surface area contributed by atoms with Crippen LogP contribution in [-0.2, 0) is 14.3 Å². The van der Waals surface area contributed by atoms with Crippen molar-refractivity contribution in [3.05, 3.63) is 53.1 Å². The molecule has 0 saturated heterocycles. The van der Waals surface area contributed by atoms with Crippen molar-refractivity contribution in [1.29, 1.82) is 0 Å². The van der Waals surface area contributed by atoms with Gasteiger partial charge in [0, 0.05) is 50.0 Å². The van der Waals surface area contributed by atoms with E-state index >= 15 is 0 Å². The average Bonchev–Trinajstić information content (AvgIpc) is 2.97. The molecule has 5 nitrogen and oxygen atoms in total. The van der Waals surface area contributed by atoms with Gasteiger partial charge in [-0.1, -0.05) is 13.0 Å². The minimum Gasteiger partial charge on any atom is -0.489 e. The number of carbonyl (C=O) groups is 2. The van der Waals surface area contributed by atoms with E-state index in [0.717, 1.165) is 42.7 Å². The van der Waals surface area contributed by atoms with Gasteiger partial charge in [0.25, 0.3) is 0 Å². The lowest BCUT2D eigenvalue weighted by Gasteiger charge is -2.47. The second-order valence-corrected chi connectivity index (χ2v) is 10.1. The highest BCUT2D eigenvalue weighted by molar-refractivity contribution is 6.00. The summed E-state index contributed by atoms with van der Waals surface area (Å²) >= 11 is 0. The molecule has 4 aliphatic rings. The lowest BCUT2D eigenvalue weighted by molar-refractivity contribution is -0.120. The van der Waals surface area contributed by atoms with Crippen molar-refractivity contribution in [1.82, 2.24) is 9.88 Å². The highest BCUT2D eigenvalue weighted by atomic mass is 16.5. The van der Waals surface area contributed by atoms with Crippen molar-refractivity contribution in [3.8, 4) is 0 Å². The van der Waals surface area contributed by atoms with Gasteiger partial charge in [-0.15, -0.1) is 0 Å². The van der Waals surface area contributed by atoms with Gasteiger partial charge in [-0.2, -0.15) is 0 Å². The van der Waals surface area contributed by atoms with Crippen molar-refractivity contribution in [2.75, 3.05) is 20.6 Å². The second-order valence-electron chi connectivity index (χ2n) is 10.1. The lowest BCUT2D eigenvalue weighted by atomic mass is 9.61. The number of carbonyl (C=O) groups excluding carboxylic acids is 2.